The van der Waals surface area contributed by atoms with Crippen molar-refractivity contribution in [2.24, 2.45) is 0 Å². The molecule has 2 aromatic heterocycles. The minimum Gasteiger partial charge on any atom is -0.397 e. The van der Waals surface area contributed by atoms with Gasteiger partial charge in [-0.2, -0.15) is 0 Å². The maximum absolute atomic E-state index is 5.75. The van der Waals surface area contributed by atoms with Crippen LogP contribution in [0.5, 0.6) is 0 Å². The molecule has 3 aromatic rings. The molecule has 2 heterocycles. The number of pyridine rings is 1. The first-order chi connectivity index (χ1) is 8.72. The zero-order valence-corrected chi connectivity index (χ0v) is 10.7. The lowest BCUT2D eigenvalue weighted by Gasteiger charge is -2.01. The smallest absolute Gasteiger partial charge is 0.172 e. The Kier molecular flexibility index (Phi) is 2.68. The van der Waals surface area contributed by atoms with Crippen molar-refractivity contribution in [2.75, 3.05) is 5.73 Å². The van der Waals surface area contributed by atoms with Gasteiger partial charge in [0.2, 0.25) is 0 Å². The minimum atomic E-state index is 0.712. The molecule has 0 amide bonds. The number of anilines is 1. The van der Waals surface area contributed by atoms with Gasteiger partial charge in [-0.3, -0.25) is 0 Å². The molecular formula is C13H12N4S. The summed E-state index contributed by atoms with van der Waals surface area (Å²) in [7, 11) is 0. The second-order valence-electron chi connectivity index (χ2n) is 4.04. The number of para-hydroxylation sites is 2. The molecule has 0 aliphatic carbocycles. The number of nitrogens with zero attached hydrogens (tertiary/aromatic N) is 2. The standard InChI is InChI=1S/C13H12N4S/c1-8-6-12(15-7-9(8)14)18-13-16-10-4-2-3-5-11(10)17-13/h2-7H,14H2,1H3,(H,16,17). The molecule has 4 nitrogen and oxygen atoms in total. The fourth-order valence-electron chi connectivity index (χ4n) is 1.67. The summed E-state index contributed by atoms with van der Waals surface area (Å²) < 4.78 is 0. The molecular weight excluding hydrogens is 244 g/mol. The lowest BCUT2D eigenvalue weighted by molar-refractivity contribution is 1.05. The first-order valence-electron chi connectivity index (χ1n) is 5.57. The molecule has 3 rings (SSSR count). The Bertz CT molecular complexity index is 672. The van der Waals surface area contributed by atoms with Crippen molar-refractivity contribution in [1.82, 2.24) is 15.0 Å². The summed E-state index contributed by atoms with van der Waals surface area (Å²) in [4.78, 5) is 12.0. The number of nitrogen functional groups attached to an aromatic ring is 1. The van der Waals surface area contributed by atoms with Crippen molar-refractivity contribution < 1.29 is 0 Å². The van der Waals surface area contributed by atoms with Crippen LogP contribution in [0.2, 0.25) is 0 Å². The highest BCUT2D eigenvalue weighted by atomic mass is 32.2. The molecule has 0 radical (unpaired) electrons. The zero-order chi connectivity index (χ0) is 12.5. The monoisotopic (exact) mass is 256 g/mol. The third-order valence-corrected chi connectivity index (χ3v) is 3.51. The van der Waals surface area contributed by atoms with E-state index in [0.29, 0.717) is 5.69 Å². The summed E-state index contributed by atoms with van der Waals surface area (Å²) in [5.74, 6) is 0. The predicted octanol–water partition coefficient (Wildman–Crippen LogP) is 3.00. The molecule has 0 aliphatic rings. The van der Waals surface area contributed by atoms with Gasteiger partial charge in [-0.05, 0) is 42.4 Å². The first kappa shape index (κ1) is 11.1. The molecule has 3 N–H and O–H groups in total. The number of hydrogen-bond donors (Lipinski definition) is 2. The topological polar surface area (TPSA) is 67.6 Å². The Labute approximate surface area is 109 Å². The summed E-state index contributed by atoms with van der Waals surface area (Å²) in [6, 6.07) is 9.92. The molecule has 0 aliphatic heterocycles. The number of fused-ring (bicyclic) bond motifs is 1. The number of nitrogens with two attached hydrogens (primary N) is 1. The van der Waals surface area contributed by atoms with Gasteiger partial charge in [0, 0.05) is 0 Å². The number of rotatable bonds is 2. The van der Waals surface area contributed by atoms with Crippen molar-refractivity contribution in [2.45, 2.75) is 17.1 Å². The Morgan fingerprint density at radius 3 is 2.89 bits per heavy atom. The van der Waals surface area contributed by atoms with Gasteiger partial charge in [-0.25, -0.2) is 9.97 Å². The van der Waals surface area contributed by atoms with E-state index in [-0.39, 0.29) is 0 Å². The van der Waals surface area contributed by atoms with Crippen LogP contribution >= 0.6 is 11.8 Å². The Balaban J connectivity index is 1.93. The van der Waals surface area contributed by atoms with Crippen LogP contribution in [0.25, 0.3) is 11.0 Å². The fourth-order valence-corrected chi connectivity index (χ4v) is 2.52. The number of aromatic nitrogens is 3. The van der Waals surface area contributed by atoms with Crippen LogP contribution in [0, 0.1) is 6.92 Å². The number of benzene rings is 1. The Morgan fingerprint density at radius 2 is 2.11 bits per heavy atom. The molecule has 0 bridgehead atoms. The SMILES string of the molecule is Cc1cc(Sc2nc3ccccc3[nH]2)ncc1N. The van der Waals surface area contributed by atoms with Crippen molar-refractivity contribution in [3.63, 3.8) is 0 Å². The highest BCUT2D eigenvalue weighted by molar-refractivity contribution is 7.99. The lowest BCUT2D eigenvalue weighted by Crippen LogP contribution is -1.91. The predicted molar refractivity (Wildman–Crippen MR) is 73.6 cm³/mol. The Morgan fingerprint density at radius 1 is 1.28 bits per heavy atom. The van der Waals surface area contributed by atoms with E-state index in [1.807, 2.05) is 37.3 Å². The fraction of sp³-hybridized carbons (Fsp3) is 0.0769. The van der Waals surface area contributed by atoms with E-state index >= 15 is 0 Å². The average Bonchev–Trinajstić information content (AvgIpc) is 2.76. The molecule has 1 aromatic carbocycles. The summed E-state index contributed by atoms with van der Waals surface area (Å²) >= 11 is 1.50. The van der Waals surface area contributed by atoms with Crippen LogP contribution in [0.15, 0.2) is 46.7 Å². The van der Waals surface area contributed by atoms with Gasteiger partial charge in [0.1, 0.15) is 5.03 Å². The molecule has 0 unspecified atom stereocenters. The van der Waals surface area contributed by atoms with Gasteiger partial charge < -0.3 is 10.7 Å². The quantitative estimate of drug-likeness (QED) is 0.739. The third kappa shape index (κ3) is 2.04. The van der Waals surface area contributed by atoms with E-state index in [1.54, 1.807) is 6.20 Å². The van der Waals surface area contributed by atoms with E-state index < -0.39 is 0 Å². The van der Waals surface area contributed by atoms with Crippen LogP contribution in [0.4, 0.5) is 5.69 Å². The molecule has 0 fully saturated rings. The number of H-pyrrole nitrogens is 1. The van der Waals surface area contributed by atoms with Gasteiger partial charge in [0.05, 0.1) is 22.9 Å². The molecule has 0 saturated carbocycles. The maximum Gasteiger partial charge on any atom is 0.172 e. The molecule has 5 heteroatoms. The second kappa shape index (κ2) is 4.34. The van der Waals surface area contributed by atoms with Crippen molar-refractivity contribution in [1.29, 1.82) is 0 Å². The second-order valence-corrected chi connectivity index (χ2v) is 5.05. The van der Waals surface area contributed by atoms with Gasteiger partial charge in [-0.15, -0.1) is 0 Å². The van der Waals surface area contributed by atoms with E-state index in [0.717, 1.165) is 26.8 Å². The van der Waals surface area contributed by atoms with Crippen molar-refractivity contribution >= 4 is 28.5 Å². The minimum absolute atomic E-state index is 0.712. The van der Waals surface area contributed by atoms with Crippen LogP contribution < -0.4 is 5.73 Å². The third-order valence-electron chi connectivity index (χ3n) is 2.70. The normalized spacial score (nSPS) is 10.9. The van der Waals surface area contributed by atoms with E-state index in [2.05, 4.69) is 15.0 Å². The van der Waals surface area contributed by atoms with Gasteiger partial charge in [0.15, 0.2) is 5.16 Å². The van der Waals surface area contributed by atoms with E-state index in [4.69, 9.17) is 5.73 Å². The molecule has 90 valence electrons. The van der Waals surface area contributed by atoms with Gasteiger partial charge in [0.25, 0.3) is 0 Å². The number of aromatic amines is 1. The summed E-state index contributed by atoms with van der Waals surface area (Å²) in [5.41, 5.74) is 9.49. The van der Waals surface area contributed by atoms with Crippen LogP contribution in [-0.4, -0.2) is 15.0 Å². The molecule has 0 atom stereocenters. The van der Waals surface area contributed by atoms with Crippen molar-refractivity contribution in [3.8, 4) is 0 Å². The highest BCUT2D eigenvalue weighted by Gasteiger charge is 2.06. The van der Waals surface area contributed by atoms with Crippen LogP contribution in [0.1, 0.15) is 5.56 Å². The maximum atomic E-state index is 5.75. The zero-order valence-electron chi connectivity index (χ0n) is 9.84. The largest absolute Gasteiger partial charge is 0.397 e. The van der Waals surface area contributed by atoms with E-state index in [9.17, 15) is 0 Å². The van der Waals surface area contributed by atoms with Gasteiger partial charge in [-0.1, -0.05) is 12.1 Å². The summed E-state index contributed by atoms with van der Waals surface area (Å²) in [6.07, 6.45) is 1.68. The van der Waals surface area contributed by atoms with Crippen LogP contribution in [0.3, 0.4) is 0 Å². The van der Waals surface area contributed by atoms with Crippen LogP contribution in [-0.2, 0) is 0 Å². The number of aryl methyl sites for hydroxylation is 1. The Hall–Kier alpha value is -2.01. The number of imidazole rings is 1. The summed E-state index contributed by atoms with van der Waals surface area (Å²) in [5, 5.41) is 1.73. The first-order valence-corrected chi connectivity index (χ1v) is 6.39. The lowest BCUT2D eigenvalue weighted by atomic mass is 10.3. The highest BCUT2D eigenvalue weighted by Crippen LogP contribution is 2.27. The van der Waals surface area contributed by atoms with E-state index in [1.165, 1.54) is 11.8 Å². The number of nitrogens with one attached hydrogen (secondary N) is 1. The molecule has 18 heavy (non-hydrogen) atoms. The average molecular weight is 256 g/mol. The van der Waals surface area contributed by atoms with Crippen molar-refractivity contribution in [3.05, 3.63) is 42.1 Å². The molecule has 0 saturated heterocycles. The number of hydrogen-bond acceptors (Lipinski definition) is 4. The molecule has 0 spiro atoms. The summed E-state index contributed by atoms with van der Waals surface area (Å²) in [6.45, 7) is 1.97. The van der Waals surface area contributed by atoms with Gasteiger partial charge >= 0.3 is 0 Å².